The van der Waals surface area contributed by atoms with Gasteiger partial charge in [0.1, 0.15) is 15.6 Å². The minimum atomic E-state index is -4.27. The molecular formula is C23H20ClN3O6S2. The van der Waals surface area contributed by atoms with Crippen LogP contribution in [-0.2, 0) is 16.4 Å². The topological polar surface area (TPSA) is 111 Å². The number of hydrogen-bond donors (Lipinski definition) is 1. The Bertz CT molecular complexity index is 1580. The molecule has 0 atom stereocenters. The van der Waals surface area contributed by atoms with E-state index in [1.165, 1.54) is 0 Å². The molecule has 2 aromatic carbocycles. The van der Waals surface area contributed by atoms with Gasteiger partial charge in [-0.15, -0.1) is 11.3 Å². The second-order valence-corrected chi connectivity index (χ2v) is 11.2. The van der Waals surface area contributed by atoms with Crippen molar-refractivity contribution >= 4 is 60.4 Å². The zero-order valence-corrected chi connectivity index (χ0v) is 21.3. The number of ketones is 1. The number of anilines is 2. The zero-order chi connectivity index (χ0) is 24.9. The van der Waals surface area contributed by atoms with Gasteiger partial charge in [-0.2, -0.15) is 0 Å². The highest BCUT2D eigenvalue weighted by Gasteiger charge is 2.31. The van der Waals surface area contributed by atoms with Crippen molar-refractivity contribution in [1.29, 1.82) is 0 Å². The Morgan fingerprint density at radius 2 is 1.94 bits per heavy atom. The monoisotopic (exact) mass is 533 g/mol. The molecule has 2 aromatic heterocycles. The third-order valence-corrected chi connectivity index (χ3v) is 8.69. The molecule has 12 heteroatoms. The summed E-state index contributed by atoms with van der Waals surface area (Å²) in [6.07, 6.45) is -0.0192. The molecule has 5 rings (SSSR count). The number of rotatable bonds is 7. The number of hydrogen-bond acceptors (Lipinski definition) is 9. The lowest BCUT2D eigenvalue weighted by Crippen LogP contribution is -2.16. The van der Waals surface area contributed by atoms with E-state index in [1.54, 1.807) is 37.3 Å². The summed E-state index contributed by atoms with van der Waals surface area (Å²) in [6, 6.07) is 10.6. The maximum atomic E-state index is 13.6. The third kappa shape index (κ3) is 4.30. The van der Waals surface area contributed by atoms with Crippen LogP contribution < -0.4 is 19.1 Å². The molecule has 0 radical (unpaired) electrons. The third-order valence-electron chi connectivity index (χ3n) is 5.48. The van der Waals surface area contributed by atoms with Gasteiger partial charge >= 0.3 is 0 Å². The number of nitrogens with one attached hydrogen (secondary N) is 1. The Hall–Kier alpha value is -3.28. The molecule has 3 heterocycles. The molecule has 35 heavy (non-hydrogen) atoms. The van der Waals surface area contributed by atoms with Gasteiger partial charge in [-0.05, 0) is 42.8 Å². The number of nitrogens with zero attached hydrogens (tertiary/aromatic N) is 2. The molecule has 1 N–H and O–H groups in total. The van der Waals surface area contributed by atoms with Gasteiger partial charge in [-0.25, -0.2) is 13.1 Å². The van der Waals surface area contributed by atoms with E-state index in [-0.39, 0.29) is 39.7 Å². The maximum absolute atomic E-state index is 13.6. The lowest BCUT2D eigenvalue weighted by Gasteiger charge is -2.13. The molecular weight excluding hydrogens is 514 g/mol. The van der Waals surface area contributed by atoms with Gasteiger partial charge < -0.3 is 18.9 Å². The molecule has 0 saturated heterocycles. The smallest absolute Gasteiger partial charge is 0.266 e. The van der Waals surface area contributed by atoms with E-state index in [0.29, 0.717) is 32.8 Å². The number of thiophene rings is 1. The molecule has 182 valence electrons. The van der Waals surface area contributed by atoms with Gasteiger partial charge in [-0.3, -0.25) is 4.79 Å². The van der Waals surface area contributed by atoms with Gasteiger partial charge in [0.2, 0.25) is 6.79 Å². The summed E-state index contributed by atoms with van der Waals surface area (Å²) < 4.78 is 46.0. The minimum Gasteiger partial charge on any atom is -0.454 e. The Kier molecular flexibility index (Phi) is 5.86. The molecule has 0 amide bonds. The normalized spacial score (nSPS) is 12.8. The number of benzene rings is 2. The molecule has 0 aliphatic carbocycles. The van der Waals surface area contributed by atoms with Crippen LogP contribution in [0.25, 0.3) is 10.1 Å². The van der Waals surface area contributed by atoms with Crippen LogP contribution in [0, 0.1) is 6.92 Å². The molecule has 9 nitrogen and oxygen atoms in total. The number of Topliss-reactive ketones (excluding diaryl/α,β-unsaturated/α-hetero) is 1. The number of halogens is 1. The number of fused-ring (bicyclic) bond motifs is 2. The van der Waals surface area contributed by atoms with Crippen molar-refractivity contribution in [3.05, 3.63) is 57.6 Å². The number of carbonyl (C=O) groups excluding carboxylic acids is 1. The van der Waals surface area contributed by atoms with Gasteiger partial charge in [0, 0.05) is 36.3 Å². The Morgan fingerprint density at radius 1 is 1.17 bits per heavy atom. The highest BCUT2D eigenvalue weighted by atomic mass is 35.5. The first-order valence-electron chi connectivity index (χ1n) is 10.4. The first-order valence-corrected chi connectivity index (χ1v) is 13.1. The zero-order valence-electron chi connectivity index (χ0n) is 18.9. The Morgan fingerprint density at radius 3 is 2.66 bits per heavy atom. The first-order chi connectivity index (χ1) is 16.6. The summed E-state index contributed by atoms with van der Waals surface area (Å²) in [5, 5.41) is 4.17. The minimum absolute atomic E-state index is 0.0192. The van der Waals surface area contributed by atoms with E-state index in [2.05, 4.69) is 9.88 Å². The molecule has 0 spiro atoms. The predicted molar refractivity (Wildman–Crippen MR) is 134 cm³/mol. The molecule has 0 fully saturated rings. The van der Waals surface area contributed by atoms with Crippen LogP contribution in [-0.4, -0.2) is 40.2 Å². The van der Waals surface area contributed by atoms with Crippen LogP contribution in [0.15, 0.2) is 45.8 Å². The van der Waals surface area contributed by atoms with Crippen molar-refractivity contribution in [2.75, 3.05) is 30.5 Å². The van der Waals surface area contributed by atoms with E-state index < -0.39 is 10.0 Å². The van der Waals surface area contributed by atoms with E-state index >= 15 is 0 Å². The molecule has 4 aromatic rings. The van der Waals surface area contributed by atoms with Gasteiger partial charge in [0.15, 0.2) is 17.3 Å². The van der Waals surface area contributed by atoms with Crippen molar-refractivity contribution in [2.45, 2.75) is 18.2 Å². The van der Waals surface area contributed by atoms with Crippen LogP contribution in [0.4, 0.5) is 11.6 Å². The van der Waals surface area contributed by atoms with Crippen molar-refractivity contribution in [2.24, 2.45) is 0 Å². The van der Waals surface area contributed by atoms with E-state index in [1.807, 2.05) is 25.1 Å². The Balaban J connectivity index is 1.60. The van der Waals surface area contributed by atoms with Gasteiger partial charge in [-0.1, -0.05) is 22.8 Å². The molecule has 1 aliphatic rings. The van der Waals surface area contributed by atoms with Crippen LogP contribution >= 0.6 is 22.9 Å². The SMILES string of the molecule is Cc1noc(NS(=O)(=O)c2c(C(=O)Cc3ccc4c(c3)OCO4)sc3ccc(N(C)C)cc23)c1Cl. The van der Waals surface area contributed by atoms with Crippen molar-refractivity contribution in [3.63, 3.8) is 0 Å². The maximum Gasteiger partial charge on any atom is 0.266 e. The van der Waals surface area contributed by atoms with E-state index in [0.717, 1.165) is 17.0 Å². The van der Waals surface area contributed by atoms with Crippen molar-refractivity contribution < 1.29 is 27.2 Å². The summed E-state index contributed by atoms with van der Waals surface area (Å²) in [7, 11) is -0.568. The molecule has 0 bridgehead atoms. The quantitative estimate of drug-likeness (QED) is 0.335. The largest absolute Gasteiger partial charge is 0.454 e. The number of ether oxygens (including phenoxy) is 2. The molecule has 0 saturated carbocycles. The second kappa shape index (κ2) is 8.74. The average molecular weight is 534 g/mol. The van der Waals surface area contributed by atoms with Crippen LogP contribution in [0.2, 0.25) is 5.02 Å². The summed E-state index contributed by atoms with van der Waals surface area (Å²) in [5.41, 5.74) is 1.81. The fraction of sp³-hybridized carbons (Fsp3) is 0.217. The number of aryl methyl sites for hydroxylation is 1. The Labute approximate surface area is 210 Å². The average Bonchev–Trinajstić information content (AvgIpc) is 3.51. The number of aromatic nitrogens is 1. The van der Waals surface area contributed by atoms with Crippen LogP contribution in [0.1, 0.15) is 20.9 Å². The van der Waals surface area contributed by atoms with Gasteiger partial charge in [0.25, 0.3) is 15.9 Å². The molecule has 1 aliphatic heterocycles. The fourth-order valence-corrected chi connectivity index (χ4v) is 6.71. The van der Waals surface area contributed by atoms with Crippen LogP contribution in [0.5, 0.6) is 11.5 Å². The highest BCUT2D eigenvalue weighted by Crippen LogP contribution is 2.40. The number of sulfonamides is 1. The summed E-state index contributed by atoms with van der Waals surface area (Å²) in [4.78, 5) is 15.3. The fourth-order valence-electron chi connectivity index (χ4n) is 3.70. The summed E-state index contributed by atoms with van der Waals surface area (Å²) in [6.45, 7) is 1.71. The molecule has 0 unspecified atom stereocenters. The first kappa shape index (κ1) is 23.5. The number of carbonyl (C=O) groups is 1. The van der Waals surface area contributed by atoms with Gasteiger partial charge in [0.05, 0.1) is 4.88 Å². The van der Waals surface area contributed by atoms with E-state index in [4.69, 9.17) is 25.6 Å². The summed E-state index contributed by atoms with van der Waals surface area (Å²) >= 11 is 7.26. The standard InChI is InChI=1S/C23H20ClN3O6S2/c1-12-20(24)23(33-25-12)26-35(29,30)22-15-10-14(27(2)3)5-7-19(15)34-21(22)16(28)8-13-4-6-17-18(9-13)32-11-31-17/h4-7,9-10,26H,8,11H2,1-3H3. The lowest BCUT2D eigenvalue weighted by molar-refractivity contribution is 0.0994. The summed E-state index contributed by atoms with van der Waals surface area (Å²) in [5.74, 6) is 0.594. The predicted octanol–water partition coefficient (Wildman–Crippen LogP) is 4.87. The highest BCUT2D eigenvalue weighted by molar-refractivity contribution is 7.93. The van der Waals surface area contributed by atoms with Crippen molar-refractivity contribution in [3.8, 4) is 11.5 Å². The van der Waals surface area contributed by atoms with Crippen molar-refractivity contribution in [1.82, 2.24) is 5.16 Å². The van der Waals surface area contributed by atoms with Crippen LogP contribution in [0.3, 0.4) is 0 Å². The lowest BCUT2D eigenvalue weighted by atomic mass is 10.1. The van der Waals surface area contributed by atoms with E-state index in [9.17, 15) is 13.2 Å². The second-order valence-electron chi connectivity index (χ2n) is 8.14.